The summed E-state index contributed by atoms with van der Waals surface area (Å²) < 4.78 is 5.71. The van der Waals surface area contributed by atoms with Gasteiger partial charge in [-0.25, -0.2) is 9.97 Å². The van der Waals surface area contributed by atoms with Crippen molar-refractivity contribution in [3.63, 3.8) is 0 Å². The molecule has 0 radical (unpaired) electrons. The van der Waals surface area contributed by atoms with Crippen molar-refractivity contribution in [2.24, 2.45) is 5.92 Å². The zero-order valence-corrected chi connectivity index (χ0v) is 12.1. The molecule has 0 atom stereocenters. The Morgan fingerprint density at radius 1 is 1.15 bits per heavy atom. The van der Waals surface area contributed by atoms with E-state index in [0.29, 0.717) is 11.8 Å². The molecule has 0 spiro atoms. The molecule has 0 saturated carbocycles. The van der Waals surface area contributed by atoms with Crippen LogP contribution in [0, 0.1) is 5.92 Å². The van der Waals surface area contributed by atoms with Crippen LogP contribution in [-0.2, 0) is 0 Å². The van der Waals surface area contributed by atoms with Crippen LogP contribution in [0.15, 0.2) is 36.7 Å². The van der Waals surface area contributed by atoms with Gasteiger partial charge in [0.2, 0.25) is 5.88 Å². The molecule has 5 heteroatoms. The van der Waals surface area contributed by atoms with Gasteiger partial charge in [-0.2, -0.15) is 0 Å². The fraction of sp³-hybridized carbons (Fsp3) is 0.333. The molecular formula is C15H20N4O. The third-order valence-corrected chi connectivity index (χ3v) is 2.70. The first-order chi connectivity index (χ1) is 9.67. The van der Waals surface area contributed by atoms with Crippen molar-refractivity contribution in [3.05, 3.63) is 36.7 Å². The minimum Gasteiger partial charge on any atom is -0.439 e. The lowest BCUT2D eigenvalue weighted by atomic mass is 10.2. The van der Waals surface area contributed by atoms with Gasteiger partial charge in [0.05, 0.1) is 0 Å². The van der Waals surface area contributed by atoms with Gasteiger partial charge in [0.1, 0.15) is 17.9 Å². The zero-order valence-electron chi connectivity index (χ0n) is 12.1. The Labute approximate surface area is 119 Å². The van der Waals surface area contributed by atoms with Crippen LogP contribution in [0.4, 0.5) is 11.5 Å². The SMILES string of the molecule is CNc1ccc(Oc2cc(NCC(C)C)ncn2)cc1. The first-order valence-corrected chi connectivity index (χ1v) is 6.69. The van der Waals surface area contributed by atoms with E-state index in [4.69, 9.17) is 4.74 Å². The Morgan fingerprint density at radius 2 is 1.90 bits per heavy atom. The van der Waals surface area contributed by atoms with Crippen LogP contribution < -0.4 is 15.4 Å². The standard InChI is InChI=1S/C15H20N4O/c1-11(2)9-17-14-8-15(19-10-18-14)20-13-6-4-12(16-3)5-7-13/h4-8,10-11,16H,9H2,1-3H3,(H,17,18,19). The molecule has 0 aliphatic heterocycles. The van der Waals surface area contributed by atoms with Gasteiger partial charge in [0.25, 0.3) is 0 Å². The quantitative estimate of drug-likeness (QED) is 0.844. The third kappa shape index (κ3) is 4.12. The lowest BCUT2D eigenvalue weighted by Gasteiger charge is -2.09. The van der Waals surface area contributed by atoms with Crippen molar-refractivity contribution >= 4 is 11.5 Å². The zero-order chi connectivity index (χ0) is 14.4. The maximum atomic E-state index is 5.71. The highest BCUT2D eigenvalue weighted by Gasteiger charge is 2.02. The summed E-state index contributed by atoms with van der Waals surface area (Å²) in [6, 6.07) is 9.50. The highest BCUT2D eigenvalue weighted by atomic mass is 16.5. The number of benzene rings is 1. The topological polar surface area (TPSA) is 59.1 Å². The van der Waals surface area contributed by atoms with Crippen molar-refractivity contribution in [1.29, 1.82) is 0 Å². The van der Waals surface area contributed by atoms with Crippen LogP contribution in [0.3, 0.4) is 0 Å². The Kier molecular flexibility index (Phi) is 4.76. The van der Waals surface area contributed by atoms with Gasteiger partial charge in [-0.05, 0) is 30.2 Å². The number of nitrogens with one attached hydrogen (secondary N) is 2. The molecular weight excluding hydrogens is 252 g/mol. The Morgan fingerprint density at radius 3 is 2.55 bits per heavy atom. The summed E-state index contributed by atoms with van der Waals surface area (Å²) in [5, 5.41) is 6.31. The summed E-state index contributed by atoms with van der Waals surface area (Å²) in [4.78, 5) is 8.28. The van der Waals surface area contributed by atoms with Gasteiger partial charge in [-0.3, -0.25) is 0 Å². The van der Waals surface area contributed by atoms with Gasteiger partial charge >= 0.3 is 0 Å². The molecule has 2 rings (SSSR count). The minimum atomic E-state index is 0.531. The second kappa shape index (κ2) is 6.75. The number of aromatic nitrogens is 2. The summed E-state index contributed by atoms with van der Waals surface area (Å²) in [6.45, 7) is 5.16. The summed E-state index contributed by atoms with van der Waals surface area (Å²) in [6.07, 6.45) is 1.50. The Balaban J connectivity index is 2.02. The summed E-state index contributed by atoms with van der Waals surface area (Å²) in [5.74, 6) is 2.61. The lowest BCUT2D eigenvalue weighted by Crippen LogP contribution is -2.09. The largest absolute Gasteiger partial charge is 0.439 e. The Bertz CT molecular complexity index is 540. The van der Waals surface area contributed by atoms with Crippen LogP contribution >= 0.6 is 0 Å². The molecule has 1 aromatic heterocycles. The molecule has 1 heterocycles. The normalized spacial score (nSPS) is 10.4. The molecule has 0 aliphatic rings. The van der Waals surface area contributed by atoms with Crippen LogP contribution in [0.5, 0.6) is 11.6 Å². The predicted octanol–water partition coefficient (Wildman–Crippen LogP) is 3.38. The maximum Gasteiger partial charge on any atom is 0.224 e. The Hall–Kier alpha value is -2.30. The van der Waals surface area contributed by atoms with E-state index >= 15 is 0 Å². The highest BCUT2D eigenvalue weighted by molar-refractivity contribution is 5.46. The second-order valence-electron chi connectivity index (χ2n) is 4.89. The van der Waals surface area contributed by atoms with Crippen molar-refractivity contribution in [2.45, 2.75) is 13.8 Å². The van der Waals surface area contributed by atoms with Gasteiger partial charge in [0, 0.05) is 25.3 Å². The number of anilines is 2. The predicted molar refractivity (Wildman–Crippen MR) is 81.4 cm³/mol. The van der Waals surface area contributed by atoms with Crippen molar-refractivity contribution in [2.75, 3.05) is 24.2 Å². The van der Waals surface area contributed by atoms with Gasteiger partial charge in [-0.1, -0.05) is 13.8 Å². The van der Waals surface area contributed by atoms with E-state index in [-0.39, 0.29) is 0 Å². The molecule has 0 aliphatic carbocycles. The van der Waals surface area contributed by atoms with Crippen LogP contribution in [0.2, 0.25) is 0 Å². The summed E-state index contributed by atoms with van der Waals surface area (Å²) in [7, 11) is 1.88. The highest BCUT2D eigenvalue weighted by Crippen LogP contribution is 2.22. The average Bonchev–Trinajstić information content (AvgIpc) is 2.46. The van der Waals surface area contributed by atoms with Gasteiger partial charge in [0.15, 0.2) is 0 Å². The van der Waals surface area contributed by atoms with Gasteiger partial charge in [-0.15, -0.1) is 0 Å². The van der Waals surface area contributed by atoms with Crippen LogP contribution in [0.25, 0.3) is 0 Å². The van der Waals surface area contributed by atoms with E-state index in [1.807, 2.05) is 31.3 Å². The number of hydrogen-bond acceptors (Lipinski definition) is 5. The first kappa shape index (κ1) is 14.1. The van der Waals surface area contributed by atoms with Crippen molar-refractivity contribution < 1.29 is 4.74 Å². The molecule has 0 saturated heterocycles. The molecule has 1 aromatic carbocycles. The van der Waals surface area contributed by atoms with E-state index in [1.54, 1.807) is 6.07 Å². The molecule has 20 heavy (non-hydrogen) atoms. The average molecular weight is 272 g/mol. The smallest absolute Gasteiger partial charge is 0.224 e. The third-order valence-electron chi connectivity index (χ3n) is 2.70. The van der Waals surface area contributed by atoms with E-state index < -0.39 is 0 Å². The molecule has 0 amide bonds. The van der Waals surface area contributed by atoms with E-state index in [1.165, 1.54) is 6.33 Å². The summed E-state index contributed by atoms with van der Waals surface area (Å²) >= 11 is 0. The first-order valence-electron chi connectivity index (χ1n) is 6.69. The molecule has 0 unspecified atom stereocenters. The van der Waals surface area contributed by atoms with Crippen LogP contribution in [0.1, 0.15) is 13.8 Å². The minimum absolute atomic E-state index is 0.531. The molecule has 2 N–H and O–H groups in total. The monoisotopic (exact) mass is 272 g/mol. The fourth-order valence-electron chi connectivity index (χ4n) is 1.61. The van der Waals surface area contributed by atoms with E-state index in [9.17, 15) is 0 Å². The number of ether oxygens (including phenoxy) is 1. The van der Waals surface area contributed by atoms with E-state index in [0.717, 1.165) is 23.8 Å². The maximum absolute atomic E-state index is 5.71. The second-order valence-corrected chi connectivity index (χ2v) is 4.89. The van der Waals surface area contributed by atoms with Crippen molar-refractivity contribution in [3.8, 4) is 11.6 Å². The molecule has 0 bridgehead atoms. The molecule has 5 nitrogen and oxygen atoms in total. The lowest BCUT2D eigenvalue weighted by molar-refractivity contribution is 0.462. The summed E-state index contributed by atoms with van der Waals surface area (Å²) in [5.41, 5.74) is 1.04. The van der Waals surface area contributed by atoms with Crippen LogP contribution in [-0.4, -0.2) is 23.6 Å². The molecule has 106 valence electrons. The van der Waals surface area contributed by atoms with Crippen molar-refractivity contribution in [1.82, 2.24) is 9.97 Å². The number of nitrogens with zero attached hydrogens (tertiary/aromatic N) is 2. The number of rotatable bonds is 6. The number of hydrogen-bond donors (Lipinski definition) is 2. The fourth-order valence-corrected chi connectivity index (χ4v) is 1.61. The molecule has 2 aromatic rings. The van der Waals surface area contributed by atoms with E-state index in [2.05, 4.69) is 34.4 Å². The van der Waals surface area contributed by atoms with Gasteiger partial charge < -0.3 is 15.4 Å². The molecule has 0 fully saturated rings.